The van der Waals surface area contributed by atoms with Gasteiger partial charge in [-0.05, 0) is 35.7 Å². The summed E-state index contributed by atoms with van der Waals surface area (Å²) in [6, 6.07) is 13.7. The van der Waals surface area contributed by atoms with Crippen LogP contribution < -0.4 is 5.73 Å². The van der Waals surface area contributed by atoms with E-state index < -0.39 is 10.8 Å². The summed E-state index contributed by atoms with van der Waals surface area (Å²) in [5.74, 6) is 1.07. The van der Waals surface area contributed by atoms with E-state index in [-0.39, 0.29) is 0 Å². The molecule has 0 bridgehead atoms. The molecule has 0 aliphatic heterocycles. The van der Waals surface area contributed by atoms with E-state index in [4.69, 9.17) is 5.73 Å². The molecule has 19 heavy (non-hydrogen) atoms. The van der Waals surface area contributed by atoms with Gasteiger partial charge in [0.15, 0.2) is 0 Å². The molecule has 0 fully saturated rings. The number of rotatable bonds is 4. The second-order valence-electron chi connectivity index (χ2n) is 4.50. The number of aryl methyl sites for hydroxylation is 1. The van der Waals surface area contributed by atoms with Crippen molar-refractivity contribution in [2.45, 2.75) is 18.4 Å². The van der Waals surface area contributed by atoms with E-state index in [2.05, 4.69) is 15.9 Å². The van der Waals surface area contributed by atoms with E-state index in [1.165, 1.54) is 5.56 Å². The lowest BCUT2D eigenvalue weighted by atomic mass is 10.1. The summed E-state index contributed by atoms with van der Waals surface area (Å²) < 4.78 is 13.2. The van der Waals surface area contributed by atoms with Crippen LogP contribution in [0.15, 0.2) is 46.9 Å². The fourth-order valence-electron chi connectivity index (χ4n) is 1.87. The fourth-order valence-corrected chi connectivity index (χ4v) is 3.63. The Balaban J connectivity index is 2.08. The summed E-state index contributed by atoms with van der Waals surface area (Å²) in [5.41, 5.74) is 9.87. The quantitative estimate of drug-likeness (QED) is 0.862. The van der Waals surface area contributed by atoms with Crippen LogP contribution in [0, 0.1) is 6.92 Å². The van der Waals surface area contributed by atoms with Crippen LogP contribution in [0.1, 0.15) is 16.7 Å². The second kappa shape index (κ2) is 6.35. The van der Waals surface area contributed by atoms with E-state index in [1.54, 1.807) is 0 Å². The van der Waals surface area contributed by atoms with Crippen molar-refractivity contribution in [2.75, 3.05) is 5.73 Å². The first-order valence-corrected chi connectivity index (χ1v) is 8.28. The van der Waals surface area contributed by atoms with Crippen LogP contribution in [0.2, 0.25) is 0 Å². The van der Waals surface area contributed by atoms with E-state index in [9.17, 15) is 4.21 Å². The van der Waals surface area contributed by atoms with Crippen molar-refractivity contribution in [3.63, 3.8) is 0 Å². The summed E-state index contributed by atoms with van der Waals surface area (Å²) >= 11 is 3.37. The molecule has 1 unspecified atom stereocenters. The van der Waals surface area contributed by atoms with Gasteiger partial charge in [-0.25, -0.2) is 0 Å². The maximum atomic E-state index is 12.2. The van der Waals surface area contributed by atoms with Crippen LogP contribution in [-0.4, -0.2) is 4.21 Å². The van der Waals surface area contributed by atoms with Crippen LogP contribution in [-0.2, 0) is 22.3 Å². The van der Waals surface area contributed by atoms with Gasteiger partial charge in [-0.3, -0.25) is 4.21 Å². The number of nitrogens with two attached hydrogens (primary N) is 1. The Labute approximate surface area is 124 Å². The van der Waals surface area contributed by atoms with E-state index in [0.717, 1.165) is 15.6 Å². The Morgan fingerprint density at radius 2 is 1.79 bits per heavy atom. The van der Waals surface area contributed by atoms with Crippen molar-refractivity contribution in [1.82, 2.24) is 0 Å². The van der Waals surface area contributed by atoms with Crippen molar-refractivity contribution >= 4 is 32.4 Å². The summed E-state index contributed by atoms with van der Waals surface area (Å²) in [7, 11) is -0.944. The molecule has 0 aromatic heterocycles. The highest BCUT2D eigenvalue weighted by molar-refractivity contribution is 9.10. The molecule has 0 amide bonds. The molecule has 0 aliphatic carbocycles. The first-order valence-electron chi connectivity index (χ1n) is 5.99. The first-order chi connectivity index (χ1) is 9.06. The lowest BCUT2D eigenvalue weighted by Gasteiger charge is -2.08. The minimum Gasteiger partial charge on any atom is -0.398 e. The molecule has 100 valence electrons. The van der Waals surface area contributed by atoms with Gasteiger partial charge in [0.1, 0.15) is 0 Å². The molecule has 4 heteroatoms. The van der Waals surface area contributed by atoms with Gasteiger partial charge in [0.25, 0.3) is 0 Å². The van der Waals surface area contributed by atoms with Gasteiger partial charge in [0.2, 0.25) is 0 Å². The Morgan fingerprint density at radius 3 is 2.47 bits per heavy atom. The monoisotopic (exact) mass is 337 g/mol. The van der Waals surface area contributed by atoms with Crippen LogP contribution >= 0.6 is 15.9 Å². The topological polar surface area (TPSA) is 43.1 Å². The van der Waals surface area contributed by atoms with Crippen molar-refractivity contribution in [3.8, 4) is 0 Å². The largest absolute Gasteiger partial charge is 0.398 e. The zero-order valence-corrected chi connectivity index (χ0v) is 13.1. The number of hydrogen-bond acceptors (Lipinski definition) is 2. The number of halogens is 1. The Morgan fingerprint density at radius 1 is 1.11 bits per heavy atom. The van der Waals surface area contributed by atoms with Crippen LogP contribution in [0.25, 0.3) is 0 Å². The third-order valence-corrected chi connectivity index (χ3v) is 4.76. The molecular formula is C15H16BrNOS. The lowest BCUT2D eigenvalue weighted by Crippen LogP contribution is -2.03. The Hall–Kier alpha value is -1.13. The molecule has 2 N–H and O–H groups in total. The van der Waals surface area contributed by atoms with Crippen molar-refractivity contribution in [3.05, 3.63) is 63.6 Å². The third-order valence-electron chi connectivity index (χ3n) is 3.00. The van der Waals surface area contributed by atoms with E-state index in [0.29, 0.717) is 17.2 Å². The molecule has 0 aliphatic rings. The van der Waals surface area contributed by atoms with Gasteiger partial charge in [0, 0.05) is 26.7 Å². The number of hydrogen-bond donors (Lipinski definition) is 1. The summed E-state index contributed by atoms with van der Waals surface area (Å²) in [6.07, 6.45) is 0. The third kappa shape index (κ3) is 3.91. The number of nitrogen functional groups attached to an aromatic ring is 1. The summed E-state index contributed by atoms with van der Waals surface area (Å²) in [6.45, 7) is 2.04. The SMILES string of the molecule is Cc1ccccc1CS(=O)Cc1ccc(Br)cc1N. The van der Waals surface area contributed by atoms with Crippen molar-refractivity contribution in [1.29, 1.82) is 0 Å². The molecule has 2 rings (SSSR count). The van der Waals surface area contributed by atoms with Crippen LogP contribution in [0.4, 0.5) is 5.69 Å². The highest BCUT2D eigenvalue weighted by Crippen LogP contribution is 2.21. The second-order valence-corrected chi connectivity index (χ2v) is 6.87. The Kier molecular flexibility index (Phi) is 4.77. The number of benzene rings is 2. The maximum absolute atomic E-state index is 12.2. The molecule has 0 saturated heterocycles. The summed E-state index contributed by atoms with van der Waals surface area (Å²) in [4.78, 5) is 0. The molecule has 0 heterocycles. The molecule has 1 atom stereocenters. The highest BCUT2D eigenvalue weighted by atomic mass is 79.9. The van der Waals surface area contributed by atoms with E-state index >= 15 is 0 Å². The lowest BCUT2D eigenvalue weighted by molar-refractivity contribution is 0.682. The van der Waals surface area contributed by atoms with Gasteiger partial charge in [-0.15, -0.1) is 0 Å². The molecule has 0 spiro atoms. The zero-order chi connectivity index (χ0) is 13.8. The molecule has 2 aromatic carbocycles. The first kappa shape index (κ1) is 14.3. The predicted octanol–water partition coefficient (Wildman–Crippen LogP) is 3.79. The molecule has 2 nitrogen and oxygen atoms in total. The highest BCUT2D eigenvalue weighted by Gasteiger charge is 2.08. The van der Waals surface area contributed by atoms with Gasteiger partial charge in [-0.2, -0.15) is 0 Å². The minimum atomic E-state index is -0.944. The molecule has 0 radical (unpaired) electrons. The summed E-state index contributed by atoms with van der Waals surface area (Å²) in [5, 5.41) is 0. The zero-order valence-electron chi connectivity index (χ0n) is 10.7. The predicted molar refractivity (Wildman–Crippen MR) is 85.3 cm³/mol. The van der Waals surface area contributed by atoms with Crippen molar-refractivity contribution in [2.24, 2.45) is 0 Å². The Bertz CT molecular complexity index is 613. The van der Waals surface area contributed by atoms with Crippen LogP contribution in [0.5, 0.6) is 0 Å². The molecular weight excluding hydrogens is 322 g/mol. The van der Waals surface area contributed by atoms with Gasteiger partial charge >= 0.3 is 0 Å². The average Bonchev–Trinajstić information content (AvgIpc) is 2.36. The average molecular weight is 338 g/mol. The fraction of sp³-hybridized carbons (Fsp3) is 0.200. The maximum Gasteiger partial charge on any atom is 0.0509 e. The molecule has 0 saturated carbocycles. The van der Waals surface area contributed by atoms with Gasteiger partial charge in [0.05, 0.1) is 5.75 Å². The van der Waals surface area contributed by atoms with Gasteiger partial charge < -0.3 is 5.73 Å². The van der Waals surface area contributed by atoms with Gasteiger partial charge in [-0.1, -0.05) is 46.3 Å². The standard InChI is InChI=1S/C15H16BrNOS/c1-11-4-2-3-5-12(11)9-19(18)10-13-6-7-14(16)8-15(13)17/h2-8H,9-10,17H2,1H3. The normalized spacial score (nSPS) is 12.3. The van der Waals surface area contributed by atoms with Crippen molar-refractivity contribution < 1.29 is 4.21 Å². The van der Waals surface area contributed by atoms with E-state index in [1.807, 2.05) is 49.4 Å². The minimum absolute atomic E-state index is 0.493. The smallest absolute Gasteiger partial charge is 0.0509 e. The van der Waals surface area contributed by atoms with Crippen LogP contribution in [0.3, 0.4) is 0 Å². The molecule has 2 aromatic rings. The number of anilines is 1.